The Kier molecular flexibility index (Phi) is 4.94. The second-order valence-corrected chi connectivity index (χ2v) is 7.18. The molecule has 0 bridgehead atoms. The van der Waals surface area contributed by atoms with Gasteiger partial charge in [-0.25, -0.2) is 0 Å². The number of anilines is 1. The Morgan fingerprint density at radius 3 is 2.81 bits per heavy atom. The van der Waals surface area contributed by atoms with Gasteiger partial charge in [0.1, 0.15) is 5.75 Å². The molecule has 1 fully saturated rings. The molecular formula is C16H23BrN2O2. The highest BCUT2D eigenvalue weighted by Gasteiger charge is 2.37. The fraction of sp³-hybridized carbons (Fsp3) is 0.562. The van der Waals surface area contributed by atoms with Gasteiger partial charge in [-0.15, -0.1) is 0 Å². The van der Waals surface area contributed by atoms with Crippen LogP contribution in [0.2, 0.25) is 0 Å². The molecule has 1 atom stereocenters. The highest BCUT2D eigenvalue weighted by atomic mass is 79.9. The number of ether oxygens (including phenoxy) is 1. The van der Waals surface area contributed by atoms with Crippen LogP contribution < -0.4 is 15.4 Å². The van der Waals surface area contributed by atoms with Gasteiger partial charge in [0.15, 0.2) is 0 Å². The maximum atomic E-state index is 12.6. The molecule has 4 nitrogen and oxygen atoms in total. The van der Waals surface area contributed by atoms with Crippen LogP contribution in [-0.2, 0) is 4.79 Å². The summed E-state index contributed by atoms with van der Waals surface area (Å²) in [6.07, 6.45) is 2.16. The van der Waals surface area contributed by atoms with E-state index >= 15 is 0 Å². The van der Waals surface area contributed by atoms with Crippen molar-refractivity contribution in [1.29, 1.82) is 0 Å². The molecule has 1 aliphatic heterocycles. The molecule has 0 saturated carbocycles. The summed E-state index contributed by atoms with van der Waals surface area (Å²) in [5.41, 5.74) is 1.68. The number of piperidine rings is 1. The zero-order chi connectivity index (χ0) is 15.6. The van der Waals surface area contributed by atoms with Crippen molar-refractivity contribution >= 4 is 27.5 Å². The summed E-state index contributed by atoms with van der Waals surface area (Å²) in [5, 5.41) is 6.37. The van der Waals surface area contributed by atoms with E-state index in [1.807, 2.05) is 19.1 Å². The number of aryl methyl sites for hydroxylation is 1. The molecule has 1 amide bonds. The lowest BCUT2D eigenvalue weighted by Gasteiger charge is -2.38. The Bertz CT molecular complexity index is 543. The molecule has 0 spiro atoms. The third-order valence-electron chi connectivity index (χ3n) is 4.12. The average Bonchev–Trinajstić information content (AvgIpc) is 2.40. The zero-order valence-electron chi connectivity index (χ0n) is 13.0. The largest absolute Gasteiger partial charge is 0.495 e. The number of carbonyl (C=O) groups is 1. The normalized spacial score (nSPS) is 20.9. The summed E-state index contributed by atoms with van der Waals surface area (Å²) in [5.74, 6) is 0.673. The van der Waals surface area contributed by atoms with E-state index in [2.05, 4.69) is 40.4 Å². The van der Waals surface area contributed by atoms with Crippen LogP contribution in [0.15, 0.2) is 16.6 Å². The summed E-state index contributed by atoms with van der Waals surface area (Å²) in [4.78, 5) is 12.6. The van der Waals surface area contributed by atoms with Crippen molar-refractivity contribution in [2.45, 2.75) is 39.7 Å². The van der Waals surface area contributed by atoms with Crippen molar-refractivity contribution in [3.05, 3.63) is 22.2 Å². The fourth-order valence-corrected chi connectivity index (χ4v) is 3.44. The van der Waals surface area contributed by atoms with E-state index in [1.165, 1.54) is 0 Å². The molecule has 0 radical (unpaired) electrons. The number of nitrogens with one attached hydrogen (secondary N) is 2. The molecule has 0 aromatic heterocycles. The smallest absolute Gasteiger partial charge is 0.242 e. The van der Waals surface area contributed by atoms with E-state index < -0.39 is 0 Å². The van der Waals surface area contributed by atoms with Crippen LogP contribution in [0, 0.1) is 12.3 Å². The molecule has 1 aromatic carbocycles. The van der Waals surface area contributed by atoms with Gasteiger partial charge in [0.05, 0.1) is 18.8 Å². The number of carbonyl (C=O) groups excluding carboxylic acids is 1. The van der Waals surface area contributed by atoms with E-state index in [1.54, 1.807) is 7.11 Å². The lowest BCUT2D eigenvalue weighted by molar-refractivity contribution is -0.121. The van der Waals surface area contributed by atoms with Crippen molar-refractivity contribution in [2.75, 3.05) is 19.0 Å². The van der Waals surface area contributed by atoms with Crippen LogP contribution >= 0.6 is 15.9 Å². The van der Waals surface area contributed by atoms with Gasteiger partial charge >= 0.3 is 0 Å². The Morgan fingerprint density at radius 1 is 1.48 bits per heavy atom. The first-order chi connectivity index (χ1) is 9.85. The summed E-state index contributed by atoms with van der Waals surface area (Å²) in [7, 11) is 1.61. The summed E-state index contributed by atoms with van der Waals surface area (Å²) < 4.78 is 6.32. The minimum absolute atomic E-state index is 0.00317. The molecule has 1 saturated heterocycles. The van der Waals surface area contributed by atoms with Gasteiger partial charge in [-0.05, 0) is 49.4 Å². The van der Waals surface area contributed by atoms with Crippen molar-refractivity contribution < 1.29 is 9.53 Å². The van der Waals surface area contributed by atoms with E-state index in [-0.39, 0.29) is 17.4 Å². The summed E-state index contributed by atoms with van der Waals surface area (Å²) in [6.45, 7) is 7.12. The zero-order valence-corrected chi connectivity index (χ0v) is 14.6. The maximum absolute atomic E-state index is 12.6. The van der Waals surface area contributed by atoms with Crippen LogP contribution in [0.5, 0.6) is 5.75 Å². The molecule has 5 heteroatoms. The average molecular weight is 355 g/mol. The molecule has 1 aromatic rings. The molecule has 21 heavy (non-hydrogen) atoms. The lowest BCUT2D eigenvalue weighted by atomic mass is 9.77. The number of rotatable bonds is 3. The van der Waals surface area contributed by atoms with Gasteiger partial charge in [-0.2, -0.15) is 0 Å². The first-order valence-electron chi connectivity index (χ1n) is 7.23. The Labute approximate surface area is 134 Å². The molecule has 0 aliphatic carbocycles. The van der Waals surface area contributed by atoms with Crippen LogP contribution in [0.25, 0.3) is 0 Å². The third kappa shape index (κ3) is 3.58. The van der Waals surface area contributed by atoms with Crippen LogP contribution in [-0.4, -0.2) is 25.6 Å². The van der Waals surface area contributed by atoms with Gasteiger partial charge in [0.25, 0.3) is 0 Å². The third-order valence-corrected chi connectivity index (χ3v) is 4.58. The second kappa shape index (κ2) is 6.36. The van der Waals surface area contributed by atoms with Crippen LogP contribution in [0.3, 0.4) is 0 Å². The molecule has 1 unspecified atom stereocenters. The van der Waals surface area contributed by atoms with Gasteiger partial charge in [-0.1, -0.05) is 29.8 Å². The fourth-order valence-electron chi connectivity index (χ4n) is 2.89. The van der Waals surface area contributed by atoms with Crippen molar-refractivity contribution in [3.8, 4) is 5.75 Å². The second-order valence-electron chi connectivity index (χ2n) is 6.27. The Balaban J connectivity index is 2.23. The number of hydrogen-bond donors (Lipinski definition) is 2. The highest BCUT2D eigenvalue weighted by molar-refractivity contribution is 9.10. The van der Waals surface area contributed by atoms with E-state index in [0.717, 1.165) is 35.1 Å². The van der Waals surface area contributed by atoms with E-state index in [9.17, 15) is 4.79 Å². The first-order valence-corrected chi connectivity index (χ1v) is 8.03. The Morgan fingerprint density at radius 2 is 2.19 bits per heavy atom. The van der Waals surface area contributed by atoms with Crippen molar-refractivity contribution in [2.24, 2.45) is 5.41 Å². The van der Waals surface area contributed by atoms with Gasteiger partial charge < -0.3 is 15.4 Å². The maximum Gasteiger partial charge on any atom is 0.242 e. The topological polar surface area (TPSA) is 50.4 Å². The number of hydrogen-bond acceptors (Lipinski definition) is 3. The molecular weight excluding hydrogens is 332 g/mol. The quantitative estimate of drug-likeness (QED) is 0.873. The van der Waals surface area contributed by atoms with E-state index in [4.69, 9.17) is 4.74 Å². The summed E-state index contributed by atoms with van der Waals surface area (Å²) in [6, 6.07) is 3.65. The highest BCUT2D eigenvalue weighted by Crippen LogP contribution is 2.34. The molecule has 116 valence electrons. The molecule has 2 N–H and O–H groups in total. The molecule has 1 aliphatic rings. The van der Waals surface area contributed by atoms with Gasteiger partial charge in [0.2, 0.25) is 5.91 Å². The minimum Gasteiger partial charge on any atom is -0.495 e. The lowest BCUT2D eigenvalue weighted by Crippen LogP contribution is -2.53. The molecule has 2 rings (SSSR count). The number of benzene rings is 1. The van der Waals surface area contributed by atoms with Crippen LogP contribution in [0.1, 0.15) is 32.3 Å². The monoisotopic (exact) mass is 354 g/mol. The standard InChI is InChI=1S/C16H23BrN2O2/c1-10-8-11(17)9-12(21-4)13(10)19-15(20)14-16(2,3)6-5-7-18-14/h8-9,14,18H,5-7H2,1-4H3,(H,19,20). The van der Waals surface area contributed by atoms with E-state index in [0.29, 0.717) is 5.75 Å². The summed E-state index contributed by atoms with van der Waals surface area (Å²) >= 11 is 3.44. The van der Waals surface area contributed by atoms with Gasteiger partial charge in [0, 0.05) is 4.47 Å². The predicted octanol–water partition coefficient (Wildman–Crippen LogP) is 3.48. The van der Waals surface area contributed by atoms with Crippen LogP contribution in [0.4, 0.5) is 5.69 Å². The number of halogens is 1. The van der Waals surface area contributed by atoms with Gasteiger partial charge in [-0.3, -0.25) is 4.79 Å². The SMILES string of the molecule is COc1cc(Br)cc(C)c1NC(=O)C1NCCCC1(C)C. The predicted molar refractivity (Wildman–Crippen MR) is 88.9 cm³/mol. The van der Waals surface area contributed by atoms with Crippen molar-refractivity contribution in [3.63, 3.8) is 0 Å². The minimum atomic E-state index is -0.181. The number of methoxy groups -OCH3 is 1. The first kappa shape index (κ1) is 16.3. The van der Waals surface area contributed by atoms with Crippen molar-refractivity contribution in [1.82, 2.24) is 5.32 Å². The number of amides is 1. The molecule has 1 heterocycles. The Hall–Kier alpha value is -1.07.